The van der Waals surface area contributed by atoms with Crippen LogP contribution >= 0.6 is 0 Å². The van der Waals surface area contributed by atoms with Crippen molar-refractivity contribution in [3.8, 4) is 0 Å². The Labute approximate surface area is 374 Å². The van der Waals surface area contributed by atoms with Crippen LogP contribution in [0.25, 0.3) is 0 Å². The van der Waals surface area contributed by atoms with E-state index < -0.39 is 77.9 Å². The zero-order valence-corrected chi connectivity index (χ0v) is 36.9. The van der Waals surface area contributed by atoms with Gasteiger partial charge in [0.25, 0.3) is 0 Å². The molecule has 5 amide bonds. The number of carboxylic acid groups (broad SMARTS) is 1. The van der Waals surface area contributed by atoms with E-state index in [1.165, 1.54) is 9.80 Å². The number of hydrogen-bond donors (Lipinski definition) is 10. The lowest BCUT2D eigenvalue weighted by Gasteiger charge is -2.42. The van der Waals surface area contributed by atoms with Gasteiger partial charge in [0.05, 0.1) is 12.6 Å². The Hall–Kier alpha value is -5.50. The molecular formula is C44H70N12O8. The van der Waals surface area contributed by atoms with Gasteiger partial charge in [0.2, 0.25) is 29.5 Å². The Bertz CT molecular complexity index is 1860. The molecule has 5 rings (SSSR count). The van der Waals surface area contributed by atoms with Gasteiger partial charge < -0.3 is 64.6 Å². The highest BCUT2D eigenvalue weighted by molar-refractivity contribution is 5.98. The van der Waals surface area contributed by atoms with Crippen molar-refractivity contribution in [1.29, 1.82) is 0 Å². The first-order valence-corrected chi connectivity index (χ1v) is 23.0. The van der Waals surface area contributed by atoms with Crippen LogP contribution in [-0.2, 0) is 41.7 Å². The van der Waals surface area contributed by atoms with Crippen molar-refractivity contribution in [3.05, 3.63) is 35.4 Å². The van der Waals surface area contributed by atoms with Crippen LogP contribution in [0.4, 0.5) is 0 Å². The number of carbonyl (C=O) groups is 6. The van der Waals surface area contributed by atoms with Gasteiger partial charge in [0, 0.05) is 32.1 Å². The number of aliphatic hydroxyl groups is 1. The Kier molecular flexibility index (Phi) is 18.1. The van der Waals surface area contributed by atoms with Crippen LogP contribution in [-0.4, -0.2) is 129 Å². The highest BCUT2D eigenvalue weighted by Crippen LogP contribution is 2.41. The van der Waals surface area contributed by atoms with Crippen molar-refractivity contribution >= 4 is 47.4 Å². The average Bonchev–Trinajstić information content (AvgIpc) is 3.72. The summed E-state index contributed by atoms with van der Waals surface area (Å²) in [5.41, 5.74) is 28.1. The van der Waals surface area contributed by atoms with Gasteiger partial charge in [0.15, 0.2) is 11.9 Å². The first-order valence-electron chi connectivity index (χ1n) is 23.0. The molecule has 3 fully saturated rings. The molecule has 20 nitrogen and oxygen atoms in total. The lowest BCUT2D eigenvalue weighted by molar-refractivity contribution is -0.156. The Balaban J connectivity index is 1.40. The normalized spacial score (nSPS) is 23.2. The minimum Gasteiger partial charge on any atom is -0.480 e. The molecule has 1 saturated heterocycles. The van der Waals surface area contributed by atoms with Crippen LogP contribution in [0.15, 0.2) is 34.3 Å². The number of benzene rings is 1. The minimum absolute atomic E-state index is 0.00299. The number of nitrogens with two attached hydrogens (primary N) is 5. The molecule has 4 aliphatic rings. The monoisotopic (exact) mass is 895 g/mol. The summed E-state index contributed by atoms with van der Waals surface area (Å²) < 4.78 is 0. The van der Waals surface area contributed by atoms with Crippen molar-refractivity contribution in [2.24, 2.45) is 44.6 Å². The predicted molar refractivity (Wildman–Crippen MR) is 240 cm³/mol. The van der Waals surface area contributed by atoms with Gasteiger partial charge in [-0.2, -0.15) is 0 Å². The quantitative estimate of drug-likeness (QED) is 0.0509. The highest BCUT2D eigenvalue weighted by Gasteiger charge is 2.51. The minimum atomic E-state index is -1.55. The van der Waals surface area contributed by atoms with E-state index in [4.69, 9.17) is 28.7 Å². The standard InChI is InChI=1S/C44H70N12O8/c45-30(16-11-21-50-42(46)47)36(58)52-31(17-12-22-51-43(48)49)37(59)54-44(19-9-3-1-2-4-10-20-44)41(64)53-32(26-57)38(60)55-25-29-15-6-5-13-27(29)23-34(55)39(61)56-33-18-8-7-14-28(33)24-35(56)40(62)63/h5-6,13,15,28,30-35,57H,1-4,7-12,14,16-26,45H2,(H,52,58)(H,53,64)(H,54,59)(H,62,63)(H4,46,47,50)(H4,48,49,51)/t28-,30+,31-,32-,33-,34+,35?/m0/s1. The third kappa shape index (κ3) is 12.8. The molecule has 0 spiro atoms. The smallest absolute Gasteiger partial charge is 0.326 e. The number of rotatable bonds is 18. The predicted octanol–water partition coefficient (Wildman–Crippen LogP) is -0.430. The number of aliphatic hydroxyl groups excluding tert-OH is 1. The summed E-state index contributed by atoms with van der Waals surface area (Å²) in [6, 6.07) is 1.37. The summed E-state index contributed by atoms with van der Waals surface area (Å²) in [5, 5.41) is 29.7. The Morgan fingerprint density at radius 2 is 1.38 bits per heavy atom. The maximum Gasteiger partial charge on any atom is 0.326 e. The van der Waals surface area contributed by atoms with Crippen LogP contribution in [0.3, 0.4) is 0 Å². The molecule has 1 aromatic carbocycles. The average molecular weight is 895 g/mol. The van der Waals surface area contributed by atoms with Crippen LogP contribution in [0.2, 0.25) is 0 Å². The molecule has 2 saturated carbocycles. The third-order valence-corrected chi connectivity index (χ3v) is 13.4. The molecule has 0 radical (unpaired) electrons. The maximum absolute atomic E-state index is 14.8. The molecule has 2 heterocycles. The van der Waals surface area contributed by atoms with Crippen molar-refractivity contribution in [3.63, 3.8) is 0 Å². The van der Waals surface area contributed by atoms with Crippen LogP contribution in [0, 0.1) is 5.92 Å². The first kappa shape index (κ1) is 49.5. The summed E-state index contributed by atoms with van der Waals surface area (Å²) in [4.78, 5) is 95.5. The lowest BCUT2D eigenvalue weighted by atomic mass is 9.84. The molecule has 7 atom stereocenters. The fourth-order valence-corrected chi connectivity index (χ4v) is 9.95. The third-order valence-electron chi connectivity index (χ3n) is 13.4. The summed E-state index contributed by atoms with van der Waals surface area (Å²) in [6.45, 7) is -0.395. The zero-order chi connectivity index (χ0) is 46.4. The van der Waals surface area contributed by atoms with Crippen molar-refractivity contribution < 1.29 is 39.0 Å². The number of aliphatic carboxylic acids is 1. The lowest BCUT2D eigenvalue weighted by Crippen LogP contribution is -2.66. The molecule has 2 aliphatic carbocycles. The summed E-state index contributed by atoms with van der Waals surface area (Å²) in [5.74, 6) is -4.37. The Morgan fingerprint density at radius 3 is 2.00 bits per heavy atom. The van der Waals surface area contributed by atoms with Gasteiger partial charge >= 0.3 is 5.97 Å². The first-order chi connectivity index (χ1) is 30.6. The van der Waals surface area contributed by atoms with E-state index in [0.717, 1.165) is 56.1 Å². The van der Waals surface area contributed by atoms with Crippen LogP contribution in [0.1, 0.15) is 120 Å². The fraction of sp³-hybridized carbons (Fsp3) is 0.682. The number of nitrogens with one attached hydrogen (secondary N) is 3. The zero-order valence-electron chi connectivity index (χ0n) is 36.9. The largest absolute Gasteiger partial charge is 0.480 e. The molecule has 20 heteroatoms. The van der Waals surface area contributed by atoms with Gasteiger partial charge in [0.1, 0.15) is 29.7 Å². The van der Waals surface area contributed by atoms with Gasteiger partial charge in [-0.25, -0.2) is 4.79 Å². The number of aliphatic imine (C=N–C) groups is 2. The number of likely N-dealkylation sites (tertiary alicyclic amines) is 1. The molecule has 2 aliphatic heterocycles. The molecular weight excluding hydrogens is 825 g/mol. The summed E-state index contributed by atoms with van der Waals surface area (Å²) >= 11 is 0. The van der Waals surface area contributed by atoms with Crippen molar-refractivity contribution in [2.45, 2.75) is 164 Å². The highest BCUT2D eigenvalue weighted by atomic mass is 16.4. The second-order valence-corrected chi connectivity index (χ2v) is 17.9. The van der Waals surface area contributed by atoms with E-state index in [0.29, 0.717) is 38.5 Å². The molecule has 64 heavy (non-hydrogen) atoms. The van der Waals surface area contributed by atoms with Gasteiger partial charge in [-0.1, -0.05) is 75.6 Å². The molecule has 1 unspecified atom stereocenters. The van der Waals surface area contributed by atoms with E-state index in [-0.39, 0.29) is 75.6 Å². The second-order valence-electron chi connectivity index (χ2n) is 17.9. The molecule has 1 aromatic rings. The van der Waals surface area contributed by atoms with Gasteiger partial charge in [-0.05, 0) is 74.8 Å². The summed E-state index contributed by atoms with van der Waals surface area (Å²) in [6.07, 6.45) is 9.81. The number of amides is 5. The fourth-order valence-electron chi connectivity index (χ4n) is 9.95. The molecule has 354 valence electrons. The SMILES string of the molecule is NC(N)=NCCC[C@@H](N)C(=O)N[C@@H](CCCN=C(N)N)C(=O)NC1(C(=O)N[C@@H](CO)C(=O)N2Cc3ccccc3C[C@@H]2C(=O)N2C(C(=O)O)C[C@@H]3CCCC[C@@H]32)CCCCCCCC1. The van der Waals surface area contributed by atoms with Crippen molar-refractivity contribution in [1.82, 2.24) is 25.8 Å². The molecule has 0 bridgehead atoms. The van der Waals surface area contributed by atoms with Gasteiger partial charge in [-0.3, -0.25) is 34.0 Å². The number of guanidine groups is 2. The van der Waals surface area contributed by atoms with E-state index in [9.17, 15) is 39.0 Å². The van der Waals surface area contributed by atoms with Crippen LogP contribution in [0.5, 0.6) is 0 Å². The van der Waals surface area contributed by atoms with E-state index in [1.807, 2.05) is 24.3 Å². The van der Waals surface area contributed by atoms with E-state index >= 15 is 0 Å². The second kappa shape index (κ2) is 23.4. The maximum atomic E-state index is 14.8. The van der Waals surface area contributed by atoms with E-state index in [1.54, 1.807) is 0 Å². The molecule has 0 aromatic heterocycles. The number of fused-ring (bicyclic) bond motifs is 2. The summed E-state index contributed by atoms with van der Waals surface area (Å²) in [7, 11) is 0. The topological polar surface area (TPSA) is 340 Å². The number of carbonyl (C=O) groups excluding carboxylic acids is 5. The Morgan fingerprint density at radius 1 is 0.766 bits per heavy atom. The van der Waals surface area contributed by atoms with Gasteiger partial charge in [-0.15, -0.1) is 0 Å². The molecule has 15 N–H and O–H groups in total. The number of carboxylic acids is 1. The van der Waals surface area contributed by atoms with Crippen molar-refractivity contribution in [2.75, 3.05) is 19.7 Å². The number of hydrogen-bond acceptors (Lipinski definition) is 10. The number of nitrogens with zero attached hydrogens (tertiary/aromatic N) is 4. The van der Waals surface area contributed by atoms with E-state index in [2.05, 4.69) is 25.9 Å². The van der Waals surface area contributed by atoms with Crippen LogP contribution < -0.4 is 44.6 Å².